The molecule has 35 heavy (non-hydrogen) atoms. The molecule has 2 heterocycles. The van der Waals surface area contributed by atoms with Gasteiger partial charge >= 0.3 is 0 Å². The van der Waals surface area contributed by atoms with E-state index in [1.165, 1.54) is 23.9 Å². The van der Waals surface area contributed by atoms with Crippen LogP contribution in [0.5, 0.6) is 5.75 Å². The molecule has 2 N–H and O–H groups in total. The Hall–Kier alpha value is -3.92. The van der Waals surface area contributed by atoms with E-state index in [9.17, 15) is 19.7 Å². The highest BCUT2D eigenvalue weighted by Crippen LogP contribution is 2.43. The summed E-state index contributed by atoms with van der Waals surface area (Å²) in [5.41, 5.74) is 3.29. The molecular formula is C25H22N4O5S. The molecule has 0 fully saturated rings. The molecule has 178 valence electrons. The van der Waals surface area contributed by atoms with Crippen LogP contribution in [0.1, 0.15) is 41.9 Å². The molecule has 9 nitrogen and oxygen atoms in total. The SMILES string of the molecule is COc1ccc([C@@H]2C3=C(CCCC3=O)Nc3nc(SCc4ccc([N+](=O)[O-])cc4)[nH]c(=O)c32)cc1. The van der Waals surface area contributed by atoms with Crippen molar-refractivity contribution in [2.24, 2.45) is 0 Å². The second-order valence-electron chi connectivity index (χ2n) is 8.35. The Kier molecular flexibility index (Phi) is 6.12. The lowest BCUT2D eigenvalue weighted by Gasteiger charge is -2.32. The Labute approximate surface area is 204 Å². The van der Waals surface area contributed by atoms with Crippen LogP contribution in [0.4, 0.5) is 11.5 Å². The second-order valence-corrected chi connectivity index (χ2v) is 9.31. The topological polar surface area (TPSA) is 127 Å². The number of benzene rings is 2. The van der Waals surface area contributed by atoms with Gasteiger partial charge in [-0.2, -0.15) is 0 Å². The van der Waals surface area contributed by atoms with Gasteiger partial charge in [-0.15, -0.1) is 0 Å². The van der Waals surface area contributed by atoms with E-state index in [2.05, 4.69) is 15.3 Å². The number of nitro groups is 1. The summed E-state index contributed by atoms with van der Waals surface area (Å²) in [6.07, 6.45) is 1.92. The van der Waals surface area contributed by atoms with Crippen molar-refractivity contribution >= 4 is 29.1 Å². The van der Waals surface area contributed by atoms with Gasteiger partial charge in [-0.25, -0.2) is 4.98 Å². The Morgan fingerprint density at radius 1 is 1.11 bits per heavy atom. The van der Waals surface area contributed by atoms with Crippen LogP contribution in [-0.2, 0) is 10.5 Å². The molecule has 1 aliphatic carbocycles. The number of allylic oxidation sites excluding steroid dienone is 2. The molecule has 0 unspecified atom stereocenters. The van der Waals surface area contributed by atoms with Crippen molar-refractivity contribution in [1.29, 1.82) is 0 Å². The molecule has 0 bridgehead atoms. The number of hydrogen-bond acceptors (Lipinski definition) is 8. The number of ketones is 1. The maximum atomic E-state index is 13.3. The summed E-state index contributed by atoms with van der Waals surface area (Å²) >= 11 is 1.33. The number of nitrogens with one attached hydrogen (secondary N) is 2. The van der Waals surface area contributed by atoms with E-state index >= 15 is 0 Å². The maximum Gasteiger partial charge on any atom is 0.269 e. The van der Waals surface area contributed by atoms with E-state index in [0.717, 1.165) is 23.2 Å². The number of aromatic nitrogens is 2. The highest BCUT2D eigenvalue weighted by atomic mass is 32.2. The zero-order valence-corrected chi connectivity index (χ0v) is 19.7. The molecule has 0 spiro atoms. The molecule has 10 heteroatoms. The molecular weight excluding hydrogens is 468 g/mol. The van der Waals surface area contributed by atoms with E-state index < -0.39 is 10.8 Å². The number of H-pyrrole nitrogens is 1. The normalized spacial score (nSPS) is 16.8. The fourth-order valence-electron chi connectivity index (χ4n) is 4.50. The monoisotopic (exact) mass is 490 g/mol. The standard InChI is InChI=1S/C25H22N4O5S/c1-34-17-11-7-15(8-12-17)20-21-18(3-2-4-19(21)30)26-23-22(20)24(31)28-25(27-23)35-13-14-5-9-16(10-6-14)29(32)33/h5-12,20H,2-4,13H2,1H3,(H2,26,27,28,31)/t20-/m1/s1. The van der Waals surface area contributed by atoms with Gasteiger partial charge in [0.25, 0.3) is 11.2 Å². The summed E-state index contributed by atoms with van der Waals surface area (Å²) in [6, 6.07) is 13.7. The predicted octanol–water partition coefficient (Wildman–Crippen LogP) is 4.54. The second kappa shape index (κ2) is 9.38. The highest BCUT2D eigenvalue weighted by molar-refractivity contribution is 7.98. The van der Waals surface area contributed by atoms with Gasteiger partial charge in [0.1, 0.15) is 11.6 Å². The van der Waals surface area contributed by atoms with Gasteiger partial charge in [-0.1, -0.05) is 36.0 Å². The zero-order chi connectivity index (χ0) is 24.5. The lowest BCUT2D eigenvalue weighted by atomic mass is 9.76. The van der Waals surface area contributed by atoms with Crippen molar-refractivity contribution in [2.45, 2.75) is 36.1 Å². The number of aromatic amines is 1. The third-order valence-corrected chi connectivity index (χ3v) is 7.15. The summed E-state index contributed by atoms with van der Waals surface area (Å²) in [5.74, 6) is 1.16. The van der Waals surface area contributed by atoms with Crippen LogP contribution >= 0.6 is 11.8 Å². The van der Waals surface area contributed by atoms with Crippen molar-refractivity contribution in [3.05, 3.63) is 97.0 Å². The summed E-state index contributed by atoms with van der Waals surface area (Å²) < 4.78 is 5.27. The van der Waals surface area contributed by atoms with E-state index in [1.807, 2.05) is 24.3 Å². The Morgan fingerprint density at radius 3 is 2.54 bits per heavy atom. The minimum Gasteiger partial charge on any atom is -0.497 e. The molecule has 0 radical (unpaired) electrons. The number of thioether (sulfide) groups is 1. The minimum absolute atomic E-state index is 0.0268. The Bertz CT molecular complexity index is 1400. The number of carbonyl (C=O) groups excluding carboxylic acids is 1. The third kappa shape index (κ3) is 4.44. The smallest absolute Gasteiger partial charge is 0.269 e. The summed E-state index contributed by atoms with van der Waals surface area (Å²) in [5, 5.41) is 14.6. The van der Waals surface area contributed by atoms with Gasteiger partial charge in [0.15, 0.2) is 10.9 Å². The molecule has 5 rings (SSSR count). The van der Waals surface area contributed by atoms with Crippen LogP contribution in [0.2, 0.25) is 0 Å². The zero-order valence-electron chi connectivity index (χ0n) is 18.9. The lowest BCUT2D eigenvalue weighted by Crippen LogP contribution is -2.32. The number of nitro benzene ring substituents is 1. The molecule has 2 aliphatic rings. The van der Waals surface area contributed by atoms with E-state index in [1.54, 1.807) is 19.2 Å². The molecule has 0 saturated carbocycles. The average Bonchev–Trinajstić information content (AvgIpc) is 2.87. The summed E-state index contributed by atoms with van der Waals surface area (Å²) in [6.45, 7) is 0. The van der Waals surface area contributed by atoms with Gasteiger partial charge in [-0.05, 0) is 36.1 Å². The molecule has 0 amide bonds. The van der Waals surface area contributed by atoms with Gasteiger partial charge < -0.3 is 15.0 Å². The molecule has 0 saturated heterocycles. The third-order valence-electron chi connectivity index (χ3n) is 6.21. The Morgan fingerprint density at radius 2 is 1.86 bits per heavy atom. The number of ether oxygens (including phenoxy) is 1. The van der Waals surface area contributed by atoms with Crippen molar-refractivity contribution in [1.82, 2.24) is 9.97 Å². The van der Waals surface area contributed by atoms with Crippen LogP contribution in [0.3, 0.4) is 0 Å². The fraction of sp³-hybridized carbons (Fsp3) is 0.240. The molecule has 2 aromatic carbocycles. The first-order valence-electron chi connectivity index (χ1n) is 11.1. The maximum absolute atomic E-state index is 13.3. The highest BCUT2D eigenvalue weighted by Gasteiger charge is 2.37. The van der Waals surface area contributed by atoms with Crippen LogP contribution in [0.25, 0.3) is 0 Å². The number of hydrogen-bond donors (Lipinski definition) is 2. The number of non-ortho nitro benzene ring substituents is 1. The number of nitrogens with zero attached hydrogens (tertiary/aromatic N) is 2. The van der Waals surface area contributed by atoms with Gasteiger partial charge in [-0.3, -0.25) is 19.7 Å². The summed E-state index contributed by atoms with van der Waals surface area (Å²) in [7, 11) is 1.59. The number of rotatable bonds is 6. The van der Waals surface area contributed by atoms with Crippen LogP contribution in [0.15, 0.2) is 69.8 Å². The molecule has 3 aromatic rings. The van der Waals surface area contributed by atoms with Crippen LogP contribution in [0, 0.1) is 10.1 Å². The van der Waals surface area contributed by atoms with Crippen molar-refractivity contribution in [2.75, 3.05) is 12.4 Å². The van der Waals surface area contributed by atoms with Crippen molar-refractivity contribution < 1.29 is 14.5 Å². The van der Waals surface area contributed by atoms with Crippen molar-refractivity contribution in [3.8, 4) is 5.75 Å². The fourth-order valence-corrected chi connectivity index (χ4v) is 5.32. The van der Waals surface area contributed by atoms with Gasteiger partial charge in [0, 0.05) is 41.5 Å². The first kappa shape index (κ1) is 22.9. The molecule has 1 atom stereocenters. The number of Topliss-reactive ketones (excluding diaryl/α,β-unsaturated/α-hetero) is 1. The Balaban J connectivity index is 1.49. The van der Waals surface area contributed by atoms with Crippen LogP contribution < -0.4 is 15.6 Å². The van der Waals surface area contributed by atoms with Gasteiger partial charge in [0.2, 0.25) is 0 Å². The first-order chi connectivity index (χ1) is 16.9. The van der Waals surface area contributed by atoms with E-state index in [-0.39, 0.29) is 17.0 Å². The lowest BCUT2D eigenvalue weighted by molar-refractivity contribution is -0.384. The number of carbonyl (C=O) groups is 1. The number of fused-ring (bicyclic) bond motifs is 1. The van der Waals surface area contributed by atoms with E-state index in [0.29, 0.717) is 46.5 Å². The predicted molar refractivity (Wildman–Crippen MR) is 132 cm³/mol. The molecule has 1 aliphatic heterocycles. The van der Waals surface area contributed by atoms with Crippen molar-refractivity contribution in [3.63, 3.8) is 0 Å². The van der Waals surface area contributed by atoms with E-state index in [4.69, 9.17) is 4.74 Å². The number of anilines is 1. The quantitative estimate of drug-likeness (QED) is 0.223. The van der Waals surface area contributed by atoms with Crippen LogP contribution in [-0.4, -0.2) is 27.8 Å². The summed E-state index contributed by atoms with van der Waals surface area (Å²) in [4.78, 5) is 44.2. The average molecular weight is 491 g/mol. The largest absolute Gasteiger partial charge is 0.497 e. The first-order valence-corrected chi connectivity index (χ1v) is 12.1. The van der Waals surface area contributed by atoms with Gasteiger partial charge in [0.05, 0.1) is 17.6 Å². The number of methoxy groups -OCH3 is 1. The minimum atomic E-state index is -0.509. The molecule has 1 aromatic heterocycles.